The zero-order chi connectivity index (χ0) is 28.6. The highest BCUT2D eigenvalue weighted by atomic mass is 35.5. The van der Waals surface area contributed by atoms with E-state index < -0.39 is 11.0 Å². The Balaban J connectivity index is 1.81. The van der Waals surface area contributed by atoms with Crippen molar-refractivity contribution in [1.29, 1.82) is 0 Å². The van der Waals surface area contributed by atoms with E-state index >= 15 is 0 Å². The molecular formula is C31H31ClN4O4. The Kier molecular flexibility index (Phi) is 9.45. The van der Waals surface area contributed by atoms with Crippen LogP contribution in [0, 0.1) is 10.1 Å². The number of benzene rings is 3. The number of para-hydroxylation sites is 1. The van der Waals surface area contributed by atoms with Crippen molar-refractivity contribution >= 4 is 40.2 Å². The number of carbonyl (C=O) groups excluding carboxylic acids is 1. The number of hydrogen-bond acceptors (Lipinski definition) is 5. The Morgan fingerprint density at radius 2 is 1.82 bits per heavy atom. The monoisotopic (exact) mass is 558 g/mol. The molecule has 9 heteroatoms. The van der Waals surface area contributed by atoms with Crippen LogP contribution in [0.2, 0.25) is 5.02 Å². The van der Waals surface area contributed by atoms with Gasteiger partial charge in [-0.1, -0.05) is 56.5 Å². The molecule has 0 aliphatic carbocycles. The molecule has 4 rings (SSSR count). The Morgan fingerprint density at radius 1 is 1.07 bits per heavy atom. The summed E-state index contributed by atoms with van der Waals surface area (Å²) in [7, 11) is 0. The van der Waals surface area contributed by atoms with Crippen molar-refractivity contribution in [2.45, 2.75) is 45.6 Å². The van der Waals surface area contributed by atoms with E-state index in [1.54, 1.807) is 70.1 Å². The molecule has 0 bridgehead atoms. The molecule has 0 saturated heterocycles. The third-order valence-corrected chi connectivity index (χ3v) is 6.97. The van der Waals surface area contributed by atoms with Crippen LogP contribution in [0.25, 0.3) is 22.7 Å². The predicted molar refractivity (Wildman–Crippen MR) is 159 cm³/mol. The molecule has 0 spiro atoms. The molecule has 8 nitrogen and oxygen atoms in total. The van der Waals surface area contributed by atoms with E-state index in [1.807, 2.05) is 13.0 Å². The maximum atomic E-state index is 13.8. The molecule has 1 atom stereocenters. The first-order chi connectivity index (χ1) is 19.3. The number of unbranched alkanes of at least 4 members (excludes halogenated alkanes) is 2. The maximum absolute atomic E-state index is 13.8. The van der Waals surface area contributed by atoms with E-state index in [-0.39, 0.29) is 17.2 Å². The average Bonchev–Trinajstić information content (AvgIpc) is 2.96. The van der Waals surface area contributed by atoms with Gasteiger partial charge in [0, 0.05) is 29.8 Å². The third-order valence-electron chi connectivity index (χ3n) is 6.74. The summed E-state index contributed by atoms with van der Waals surface area (Å²) in [6.07, 6.45) is 6.35. The second-order valence-corrected chi connectivity index (χ2v) is 9.89. The third kappa shape index (κ3) is 6.46. The van der Waals surface area contributed by atoms with Gasteiger partial charge in [0.1, 0.15) is 5.82 Å². The lowest BCUT2D eigenvalue weighted by atomic mass is 10.1. The van der Waals surface area contributed by atoms with Crippen molar-refractivity contribution < 1.29 is 9.72 Å². The van der Waals surface area contributed by atoms with Crippen LogP contribution >= 0.6 is 11.6 Å². The quantitative estimate of drug-likeness (QED) is 0.0843. The van der Waals surface area contributed by atoms with Crippen LogP contribution < -0.4 is 5.56 Å². The number of aromatic nitrogens is 2. The average molecular weight is 559 g/mol. The van der Waals surface area contributed by atoms with Gasteiger partial charge in [0.05, 0.1) is 27.6 Å². The summed E-state index contributed by atoms with van der Waals surface area (Å²) >= 11 is 6.31. The minimum Gasteiger partial charge on any atom is -0.329 e. The first-order valence-electron chi connectivity index (χ1n) is 13.3. The lowest BCUT2D eigenvalue weighted by Crippen LogP contribution is -2.38. The molecule has 0 aliphatic heterocycles. The van der Waals surface area contributed by atoms with E-state index in [2.05, 4.69) is 6.92 Å². The molecule has 1 aromatic heterocycles. The highest BCUT2D eigenvalue weighted by molar-refractivity contribution is 6.30. The zero-order valence-electron chi connectivity index (χ0n) is 22.5. The van der Waals surface area contributed by atoms with Crippen LogP contribution in [0.15, 0.2) is 83.7 Å². The standard InChI is InChI=1S/C31H31ClN4O4/c1-3-5-8-20-34(29(37)19-16-22-14-17-24(18-15-22)36(39)40)28(4-2)30-33-27-13-7-6-12-26(27)31(38)35(30)25-11-9-10-23(32)21-25/h6-7,9-19,21,28H,3-5,8,20H2,1-2H3/b19-16+. The molecule has 1 unspecified atom stereocenters. The SMILES string of the molecule is CCCCCN(C(=O)/C=C/c1ccc([N+](=O)[O-])cc1)C(CC)c1nc2ccccc2c(=O)n1-c1cccc(Cl)c1. The number of carbonyl (C=O) groups is 1. The molecule has 3 aromatic carbocycles. The second kappa shape index (κ2) is 13.2. The van der Waals surface area contributed by atoms with E-state index in [0.717, 1.165) is 19.3 Å². The molecule has 4 aromatic rings. The minimum absolute atomic E-state index is 0.0166. The number of non-ortho nitro benzene ring substituents is 1. The van der Waals surface area contributed by atoms with Gasteiger partial charge < -0.3 is 4.90 Å². The lowest BCUT2D eigenvalue weighted by molar-refractivity contribution is -0.384. The number of halogens is 1. The fourth-order valence-corrected chi connectivity index (χ4v) is 4.89. The molecule has 0 saturated carbocycles. The van der Waals surface area contributed by atoms with Gasteiger partial charge in [-0.05, 0) is 66.9 Å². The lowest BCUT2D eigenvalue weighted by Gasteiger charge is -2.32. The van der Waals surface area contributed by atoms with Crippen LogP contribution in [-0.2, 0) is 4.79 Å². The fraction of sp³-hybridized carbons (Fsp3) is 0.258. The van der Waals surface area contributed by atoms with Crippen LogP contribution in [0.3, 0.4) is 0 Å². The second-order valence-electron chi connectivity index (χ2n) is 9.45. The largest absolute Gasteiger partial charge is 0.329 e. The number of amides is 1. The van der Waals surface area contributed by atoms with Crippen molar-refractivity contribution in [3.8, 4) is 5.69 Å². The summed E-state index contributed by atoms with van der Waals surface area (Å²) in [5.41, 5.74) is 1.55. The van der Waals surface area contributed by atoms with Crippen molar-refractivity contribution in [3.63, 3.8) is 0 Å². The van der Waals surface area contributed by atoms with Crippen LogP contribution in [-0.4, -0.2) is 31.8 Å². The molecule has 0 fully saturated rings. The number of nitrogens with zero attached hydrogens (tertiary/aromatic N) is 4. The Hall–Kier alpha value is -4.30. The fourth-order valence-electron chi connectivity index (χ4n) is 4.70. The number of nitro groups is 1. The first-order valence-corrected chi connectivity index (χ1v) is 13.7. The van der Waals surface area contributed by atoms with Gasteiger partial charge >= 0.3 is 0 Å². The van der Waals surface area contributed by atoms with Gasteiger partial charge in [0.2, 0.25) is 5.91 Å². The summed E-state index contributed by atoms with van der Waals surface area (Å²) in [4.78, 5) is 44.7. The van der Waals surface area contributed by atoms with Gasteiger partial charge in [0.25, 0.3) is 11.2 Å². The summed E-state index contributed by atoms with van der Waals surface area (Å²) in [6, 6.07) is 19.7. The smallest absolute Gasteiger partial charge is 0.269 e. The van der Waals surface area contributed by atoms with Crippen LogP contribution in [0.4, 0.5) is 5.69 Å². The van der Waals surface area contributed by atoms with Crippen molar-refractivity contribution in [2.24, 2.45) is 0 Å². The van der Waals surface area contributed by atoms with Crippen LogP contribution in [0.5, 0.6) is 0 Å². The summed E-state index contributed by atoms with van der Waals surface area (Å²) < 4.78 is 1.56. The maximum Gasteiger partial charge on any atom is 0.269 e. The van der Waals surface area contributed by atoms with Crippen molar-refractivity contribution in [2.75, 3.05) is 6.54 Å². The van der Waals surface area contributed by atoms with Crippen LogP contribution in [0.1, 0.15) is 57.0 Å². The zero-order valence-corrected chi connectivity index (χ0v) is 23.3. The molecular weight excluding hydrogens is 528 g/mol. The van der Waals surface area contributed by atoms with E-state index in [0.29, 0.717) is 46.0 Å². The molecule has 1 heterocycles. The van der Waals surface area contributed by atoms with Gasteiger partial charge in [-0.2, -0.15) is 0 Å². The normalized spacial score (nSPS) is 12.1. The minimum atomic E-state index is -0.498. The van der Waals surface area contributed by atoms with E-state index in [4.69, 9.17) is 16.6 Å². The summed E-state index contributed by atoms with van der Waals surface area (Å²) in [6.45, 7) is 4.54. The molecule has 0 radical (unpaired) electrons. The number of hydrogen-bond donors (Lipinski definition) is 0. The summed E-state index contributed by atoms with van der Waals surface area (Å²) in [5.74, 6) is 0.225. The predicted octanol–water partition coefficient (Wildman–Crippen LogP) is 7.13. The Morgan fingerprint density at radius 3 is 2.50 bits per heavy atom. The molecule has 0 aliphatic rings. The number of nitro benzene ring substituents is 1. The molecule has 1 amide bonds. The Bertz CT molecular complexity index is 1600. The van der Waals surface area contributed by atoms with Gasteiger partial charge in [-0.15, -0.1) is 0 Å². The topological polar surface area (TPSA) is 98.3 Å². The Labute approximate surface area is 237 Å². The highest BCUT2D eigenvalue weighted by Gasteiger charge is 2.28. The molecule has 40 heavy (non-hydrogen) atoms. The summed E-state index contributed by atoms with van der Waals surface area (Å²) in [5, 5.41) is 11.9. The molecule has 0 N–H and O–H groups in total. The highest BCUT2D eigenvalue weighted by Crippen LogP contribution is 2.28. The molecule has 206 valence electrons. The van der Waals surface area contributed by atoms with Crippen molar-refractivity contribution in [1.82, 2.24) is 14.5 Å². The van der Waals surface area contributed by atoms with Crippen molar-refractivity contribution in [3.05, 3.63) is 116 Å². The van der Waals surface area contributed by atoms with Gasteiger partial charge in [-0.25, -0.2) is 4.98 Å². The van der Waals surface area contributed by atoms with Gasteiger partial charge in [-0.3, -0.25) is 24.3 Å². The first kappa shape index (κ1) is 28.7. The van der Waals surface area contributed by atoms with Gasteiger partial charge in [0.15, 0.2) is 0 Å². The van der Waals surface area contributed by atoms with E-state index in [1.165, 1.54) is 18.2 Å². The number of rotatable bonds is 11. The number of fused-ring (bicyclic) bond motifs is 1. The van der Waals surface area contributed by atoms with E-state index in [9.17, 15) is 19.7 Å².